The van der Waals surface area contributed by atoms with Gasteiger partial charge in [0.1, 0.15) is 18.1 Å². The standard InChI is InChI=1S/C28H32N2O7/c1-3-15-37-21-8-5-19(6-9-21)26(32)24-25(20-7-10-22(31)23(18-20)35-2)30(28(34)27(24)33)12-4-11-29-13-16-36-17-14-29/h3,5-10,18,25,31-32H,1,4,11-17H2,2H3/t25-/m1/s1. The average Bonchev–Trinajstić information content (AvgIpc) is 3.17. The average molecular weight is 509 g/mol. The number of aliphatic hydroxyl groups excluding tert-OH is 1. The van der Waals surface area contributed by atoms with E-state index >= 15 is 0 Å². The molecule has 1 atom stereocenters. The maximum absolute atomic E-state index is 13.3. The first kappa shape index (κ1) is 26.2. The van der Waals surface area contributed by atoms with Crippen LogP contribution in [0.4, 0.5) is 0 Å². The number of hydrogen-bond donors (Lipinski definition) is 2. The number of aliphatic hydroxyl groups is 1. The summed E-state index contributed by atoms with van der Waals surface area (Å²) in [6.45, 7) is 8.03. The minimum atomic E-state index is -0.837. The summed E-state index contributed by atoms with van der Waals surface area (Å²) in [6, 6.07) is 10.4. The number of morpholine rings is 1. The molecule has 0 radical (unpaired) electrons. The lowest BCUT2D eigenvalue weighted by Gasteiger charge is -2.29. The van der Waals surface area contributed by atoms with E-state index in [1.165, 1.54) is 18.1 Å². The molecule has 9 nitrogen and oxygen atoms in total. The topological polar surface area (TPSA) is 109 Å². The first-order valence-electron chi connectivity index (χ1n) is 12.2. The van der Waals surface area contributed by atoms with Gasteiger partial charge in [-0.3, -0.25) is 14.5 Å². The van der Waals surface area contributed by atoms with E-state index in [0.29, 0.717) is 49.7 Å². The predicted molar refractivity (Wildman–Crippen MR) is 138 cm³/mol. The molecule has 2 aromatic rings. The van der Waals surface area contributed by atoms with E-state index in [0.717, 1.165) is 19.6 Å². The Bertz CT molecular complexity index is 1170. The van der Waals surface area contributed by atoms with E-state index in [1.807, 2.05) is 0 Å². The fourth-order valence-electron chi connectivity index (χ4n) is 4.63. The number of ketones is 1. The zero-order valence-corrected chi connectivity index (χ0v) is 20.9. The number of benzene rings is 2. The second-order valence-electron chi connectivity index (χ2n) is 8.86. The molecule has 0 unspecified atom stereocenters. The highest BCUT2D eigenvalue weighted by Gasteiger charge is 2.46. The van der Waals surface area contributed by atoms with Gasteiger partial charge in [-0.2, -0.15) is 0 Å². The van der Waals surface area contributed by atoms with Gasteiger partial charge in [0, 0.05) is 31.7 Å². The molecule has 0 saturated carbocycles. The summed E-state index contributed by atoms with van der Waals surface area (Å²) >= 11 is 0. The van der Waals surface area contributed by atoms with Crippen LogP contribution in [0.2, 0.25) is 0 Å². The molecule has 0 aromatic heterocycles. The number of ether oxygens (including phenoxy) is 3. The van der Waals surface area contributed by atoms with Crippen LogP contribution in [0.15, 0.2) is 60.7 Å². The first-order valence-corrected chi connectivity index (χ1v) is 12.2. The zero-order chi connectivity index (χ0) is 26.4. The fraction of sp³-hybridized carbons (Fsp3) is 0.357. The van der Waals surface area contributed by atoms with E-state index in [9.17, 15) is 19.8 Å². The van der Waals surface area contributed by atoms with Crippen LogP contribution in [0.25, 0.3) is 5.76 Å². The smallest absolute Gasteiger partial charge is 0.295 e. The van der Waals surface area contributed by atoms with Crippen LogP contribution < -0.4 is 9.47 Å². The van der Waals surface area contributed by atoms with Crippen molar-refractivity contribution in [3.05, 3.63) is 71.8 Å². The third-order valence-electron chi connectivity index (χ3n) is 6.53. The number of rotatable bonds is 10. The Hall–Kier alpha value is -3.82. The van der Waals surface area contributed by atoms with Crippen LogP contribution in [0.3, 0.4) is 0 Å². The summed E-state index contributed by atoms with van der Waals surface area (Å²) in [4.78, 5) is 30.2. The Morgan fingerprint density at radius 1 is 1.14 bits per heavy atom. The normalized spacial score (nSPS) is 19.7. The van der Waals surface area contributed by atoms with Crippen molar-refractivity contribution in [1.82, 2.24) is 9.80 Å². The number of likely N-dealkylation sites (tertiary alicyclic amines) is 1. The molecule has 2 N–H and O–H groups in total. The van der Waals surface area contributed by atoms with Gasteiger partial charge in [0.05, 0.1) is 31.9 Å². The third-order valence-corrected chi connectivity index (χ3v) is 6.53. The van der Waals surface area contributed by atoms with Crippen LogP contribution >= 0.6 is 0 Å². The van der Waals surface area contributed by atoms with Crippen molar-refractivity contribution in [2.75, 3.05) is 53.1 Å². The first-order chi connectivity index (χ1) is 17.9. The molecule has 0 spiro atoms. The lowest BCUT2D eigenvalue weighted by Crippen LogP contribution is -2.38. The minimum Gasteiger partial charge on any atom is -0.507 e. The van der Waals surface area contributed by atoms with Crippen molar-refractivity contribution in [2.45, 2.75) is 12.5 Å². The molecule has 196 valence electrons. The molecular formula is C28H32N2O7. The molecule has 1 amide bonds. The molecule has 2 aliphatic rings. The Morgan fingerprint density at radius 3 is 2.54 bits per heavy atom. The van der Waals surface area contributed by atoms with Crippen LogP contribution in [-0.4, -0.2) is 84.8 Å². The number of carbonyl (C=O) groups excluding carboxylic acids is 2. The van der Waals surface area contributed by atoms with Crippen molar-refractivity contribution in [3.63, 3.8) is 0 Å². The summed E-state index contributed by atoms with van der Waals surface area (Å²) in [5.74, 6) is -0.980. The molecule has 9 heteroatoms. The van der Waals surface area contributed by atoms with Crippen LogP contribution in [0.5, 0.6) is 17.2 Å². The van der Waals surface area contributed by atoms with Crippen LogP contribution in [0, 0.1) is 0 Å². The molecule has 37 heavy (non-hydrogen) atoms. The number of phenolic OH excluding ortho intramolecular Hbond substituents is 1. The van der Waals surface area contributed by atoms with Crippen molar-refractivity contribution < 1.29 is 34.0 Å². The van der Waals surface area contributed by atoms with Gasteiger partial charge in [-0.15, -0.1) is 0 Å². The van der Waals surface area contributed by atoms with Gasteiger partial charge in [-0.1, -0.05) is 18.7 Å². The Morgan fingerprint density at radius 2 is 1.86 bits per heavy atom. The molecule has 2 aromatic carbocycles. The van der Waals surface area contributed by atoms with Crippen molar-refractivity contribution >= 4 is 17.4 Å². The van der Waals surface area contributed by atoms with E-state index in [4.69, 9.17) is 14.2 Å². The van der Waals surface area contributed by atoms with E-state index < -0.39 is 17.7 Å². The van der Waals surface area contributed by atoms with E-state index in [1.54, 1.807) is 42.5 Å². The Balaban J connectivity index is 1.68. The monoisotopic (exact) mass is 508 g/mol. The Kier molecular flexibility index (Phi) is 8.47. The molecule has 4 rings (SSSR count). The maximum Gasteiger partial charge on any atom is 0.295 e. The summed E-state index contributed by atoms with van der Waals surface area (Å²) < 4.78 is 16.2. The van der Waals surface area contributed by atoms with Gasteiger partial charge in [-0.25, -0.2) is 0 Å². The SMILES string of the molecule is C=CCOc1ccc(C(O)=C2C(=O)C(=O)N(CCCN3CCOCC3)[C@@H]2c2ccc(O)c(OC)c2)cc1. The van der Waals surface area contributed by atoms with Crippen molar-refractivity contribution in [1.29, 1.82) is 0 Å². The number of nitrogens with zero attached hydrogens (tertiary/aromatic N) is 2. The maximum atomic E-state index is 13.3. The number of hydrogen-bond acceptors (Lipinski definition) is 8. The summed E-state index contributed by atoms with van der Waals surface area (Å²) in [6.07, 6.45) is 2.27. The van der Waals surface area contributed by atoms with Gasteiger partial charge in [-0.05, 0) is 48.4 Å². The third kappa shape index (κ3) is 5.79. The minimum absolute atomic E-state index is 0.0103. The molecule has 0 bridgehead atoms. The van der Waals surface area contributed by atoms with Gasteiger partial charge in [0.15, 0.2) is 11.5 Å². The second kappa shape index (κ2) is 11.9. The quantitative estimate of drug-likeness (QED) is 0.218. The zero-order valence-electron chi connectivity index (χ0n) is 20.9. The second-order valence-corrected chi connectivity index (χ2v) is 8.86. The van der Waals surface area contributed by atoms with E-state index in [2.05, 4.69) is 11.5 Å². The summed E-state index contributed by atoms with van der Waals surface area (Å²) in [5.41, 5.74) is 0.921. The lowest BCUT2D eigenvalue weighted by molar-refractivity contribution is -0.140. The number of carbonyl (C=O) groups is 2. The van der Waals surface area contributed by atoms with Crippen LogP contribution in [0.1, 0.15) is 23.6 Å². The molecule has 2 heterocycles. The number of Topliss-reactive ketones (excluding diaryl/α,β-unsaturated/α-hetero) is 1. The number of phenols is 1. The van der Waals surface area contributed by atoms with Crippen molar-refractivity contribution in [3.8, 4) is 17.2 Å². The van der Waals surface area contributed by atoms with Crippen LogP contribution in [-0.2, 0) is 14.3 Å². The molecule has 2 saturated heterocycles. The highest BCUT2D eigenvalue weighted by atomic mass is 16.5. The van der Waals surface area contributed by atoms with Gasteiger partial charge >= 0.3 is 0 Å². The van der Waals surface area contributed by atoms with Crippen molar-refractivity contribution in [2.24, 2.45) is 0 Å². The highest BCUT2D eigenvalue weighted by molar-refractivity contribution is 6.46. The summed E-state index contributed by atoms with van der Waals surface area (Å²) in [7, 11) is 1.42. The lowest BCUT2D eigenvalue weighted by atomic mass is 9.95. The number of amides is 1. The Labute approximate surface area is 216 Å². The predicted octanol–water partition coefficient (Wildman–Crippen LogP) is 3.11. The molecular weight excluding hydrogens is 476 g/mol. The van der Waals surface area contributed by atoms with Gasteiger partial charge < -0.3 is 29.3 Å². The number of methoxy groups -OCH3 is 1. The molecule has 2 aliphatic heterocycles. The fourth-order valence-corrected chi connectivity index (χ4v) is 4.63. The van der Waals surface area contributed by atoms with Gasteiger partial charge in [0.25, 0.3) is 11.7 Å². The number of aromatic hydroxyl groups is 1. The molecule has 0 aliphatic carbocycles. The van der Waals surface area contributed by atoms with Gasteiger partial charge in [0.2, 0.25) is 0 Å². The largest absolute Gasteiger partial charge is 0.507 e. The summed E-state index contributed by atoms with van der Waals surface area (Å²) in [5, 5.41) is 21.4. The molecule has 2 fully saturated rings. The highest BCUT2D eigenvalue weighted by Crippen LogP contribution is 2.42. The van der Waals surface area contributed by atoms with E-state index in [-0.39, 0.29) is 22.8 Å².